The summed E-state index contributed by atoms with van der Waals surface area (Å²) in [4.78, 5) is 0.280. The Morgan fingerprint density at radius 1 is 0.547 bits per heavy atom. The van der Waals surface area contributed by atoms with Crippen molar-refractivity contribution in [2.75, 3.05) is 51.1 Å². The molecule has 0 bridgehead atoms. The lowest BCUT2D eigenvalue weighted by Gasteiger charge is -2.39. The van der Waals surface area contributed by atoms with Gasteiger partial charge in [-0.25, -0.2) is 25.6 Å². The molecule has 0 amide bonds. The molecule has 350 valence electrons. The molecule has 0 radical (unpaired) electrons. The molecule has 0 saturated carbocycles. The second-order valence-electron chi connectivity index (χ2n) is 17.4. The molecular weight excluding hydrogens is 863 g/mol. The maximum atomic E-state index is 14.0. The van der Waals surface area contributed by atoms with Crippen LogP contribution in [-0.4, -0.2) is 90.4 Å². The van der Waals surface area contributed by atoms with Crippen molar-refractivity contribution < 1.29 is 54.8 Å². The maximum absolute atomic E-state index is 14.0. The molecule has 64 heavy (non-hydrogen) atoms. The van der Waals surface area contributed by atoms with E-state index in [1.807, 2.05) is 27.7 Å². The monoisotopic (exact) mass is 926 g/mol. The predicted octanol–water partition coefficient (Wildman–Crippen LogP) is 9.19. The van der Waals surface area contributed by atoms with Gasteiger partial charge in [0.05, 0.1) is 59.9 Å². The Morgan fingerprint density at radius 3 is 1.25 bits per heavy atom. The standard InChI is InChI=1S/C50H64F2O10S2/c1-5-9-23-49(7-3)33-63(55,56)43-21-19-39(31-41(43)45(47(49)53)35-11-15-37(51)16-12-35)61-29-27-59-25-26-60-28-30-62-40-20-22-44-42(32-40)46(36-13-17-38(52)18-14-36)48(54)50(8-4,24-10-6-2)34-64(44,57)58/h11-22,31-32,45-48,53-54H,5-10,23-30,33-34H2,1-4H3/t45-,46+,47?,48?,49-,50+. The fourth-order valence-corrected chi connectivity index (χ4v) is 14.2. The molecule has 0 aromatic heterocycles. The lowest BCUT2D eigenvalue weighted by molar-refractivity contribution is 0.0171. The van der Waals surface area contributed by atoms with Crippen LogP contribution in [0.2, 0.25) is 0 Å². The van der Waals surface area contributed by atoms with Crippen LogP contribution < -0.4 is 9.47 Å². The van der Waals surface area contributed by atoms with Crippen LogP contribution in [0.1, 0.15) is 113 Å². The minimum atomic E-state index is -3.80. The van der Waals surface area contributed by atoms with Crippen LogP contribution in [-0.2, 0) is 29.1 Å². The largest absolute Gasteiger partial charge is 0.491 e. The highest BCUT2D eigenvalue weighted by atomic mass is 32.2. The highest BCUT2D eigenvalue weighted by molar-refractivity contribution is 7.91. The molecule has 6 rings (SSSR count). The third kappa shape index (κ3) is 11.0. The number of aliphatic hydroxyl groups is 2. The summed E-state index contributed by atoms with van der Waals surface area (Å²) in [5, 5.41) is 24.2. The first-order valence-corrected chi connectivity index (χ1v) is 26.0. The molecule has 6 atom stereocenters. The first-order valence-electron chi connectivity index (χ1n) is 22.7. The molecule has 2 heterocycles. The van der Waals surface area contributed by atoms with E-state index < -0.39 is 66.2 Å². The zero-order valence-electron chi connectivity index (χ0n) is 37.4. The third-order valence-corrected chi connectivity index (χ3v) is 17.4. The van der Waals surface area contributed by atoms with Gasteiger partial charge < -0.3 is 29.2 Å². The lowest BCUT2D eigenvalue weighted by atomic mass is 9.69. The van der Waals surface area contributed by atoms with Crippen LogP contribution in [0.25, 0.3) is 0 Å². The van der Waals surface area contributed by atoms with E-state index in [0.29, 0.717) is 59.4 Å². The van der Waals surface area contributed by atoms with Crippen molar-refractivity contribution in [2.45, 2.75) is 113 Å². The van der Waals surface area contributed by atoms with Crippen molar-refractivity contribution >= 4 is 19.7 Å². The average Bonchev–Trinajstić information content (AvgIpc) is 3.40. The van der Waals surface area contributed by atoms with Gasteiger partial charge in [-0.05, 0) is 109 Å². The molecule has 0 fully saturated rings. The number of sulfone groups is 2. The average molecular weight is 927 g/mol. The highest BCUT2D eigenvalue weighted by Crippen LogP contribution is 2.51. The minimum absolute atomic E-state index is 0.140. The van der Waals surface area contributed by atoms with Crippen molar-refractivity contribution in [1.29, 1.82) is 0 Å². The predicted molar refractivity (Wildman–Crippen MR) is 243 cm³/mol. The Morgan fingerprint density at radius 2 is 0.906 bits per heavy atom. The SMILES string of the molecule is CCCC[C@]1(CC)CS(=O)(=O)c2ccc(OCCOCCOCCOc3ccc4c(c3)[C@H](c3ccc(F)cc3)C(O)[C@@](CC)(CCCC)CS4(=O)=O)cc2[C@@H](c2ccc(F)cc2)C1O. The van der Waals surface area contributed by atoms with Gasteiger partial charge in [-0.1, -0.05) is 77.6 Å². The van der Waals surface area contributed by atoms with Gasteiger partial charge in [-0.15, -0.1) is 0 Å². The molecule has 0 aliphatic carbocycles. The Hall–Kier alpha value is -3.92. The number of hydrogen-bond donors (Lipinski definition) is 2. The second-order valence-corrected chi connectivity index (χ2v) is 21.3. The fraction of sp³-hybridized carbons (Fsp3) is 0.520. The number of rotatable bonds is 21. The van der Waals surface area contributed by atoms with Crippen LogP contribution in [0.3, 0.4) is 0 Å². The van der Waals surface area contributed by atoms with Gasteiger partial charge in [0.15, 0.2) is 19.7 Å². The van der Waals surface area contributed by atoms with E-state index in [1.165, 1.54) is 36.4 Å². The lowest BCUT2D eigenvalue weighted by Crippen LogP contribution is -2.42. The molecule has 0 spiro atoms. The number of benzene rings is 4. The van der Waals surface area contributed by atoms with Crippen molar-refractivity contribution in [2.24, 2.45) is 10.8 Å². The number of hydrogen-bond acceptors (Lipinski definition) is 10. The summed E-state index contributed by atoms with van der Waals surface area (Å²) in [6.07, 6.45) is 3.15. The Bertz CT molecular complexity index is 2210. The first kappa shape index (κ1) is 49.5. The van der Waals surface area contributed by atoms with Crippen LogP contribution in [0.4, 0.5) is 8.78 Å². The summed E-state index contributed by atoms with van der Waals surface area (Å²) in [7, 11) is -7.59. The molecule has 2 unspecified atom stereocenters. The molecule has 4 aromatic carbocycles. The molecule has 2 N–H and O–H groups in total. The van der Waals surface area contributed by atoms with Crippen LogP contribution >= 0.6 is 0 Å². The van der Waals surface area contributed by atoms with Gasteiger partial charge in [-0.2, -0.15) is 0 Å². The fourth-order valence-electron chi connectivity index (χ4n) is 9.71. The molecule has 0 saturated heterocycles. The molecule has 10 nitrogen and oxygen atoms in total. The number of ether oxygens (including phenoxy) is 4. The van der Waals surface area contributed by atoms with Crippen LogP contribution in [0.5, 0.6) is 11.5 Å². The first-order chi connectivity index (χ1) is 30.6. The van der Waals surface area contributed by atoms with E-state index in [2.05, 4.69) is 0 Å². The summed E-state index contributed by atoms with van der Waals surface area (Å²) in [5.41, 5.74) is 0.301. The highest BCUT2D eigenvalue weighted by Gasteiger charge is 2.50. The molecule has 14 heteroatoms. The van der Waals surface area contributed by atoms with E-state index in [-0.39, 0.29) is 60.9 Å². The molecule has 4 aromatic rings. The van der Waals surface area contributed by atoms with Crippen molar-refractivity contribution in [3.05, 3.63) is 119 Å². The van der Waals surface area contributed by atoms with E-state index >= 15 is 0 Å². The van der Waals surface area contributed by atoms with Gasteiger partial charge in [-0.3, -0.25) is 0 Å². The summed E-state index contributed by atoms with van der Waals surface area (Å²) < 4.78 is 107. The number of halogens is 2. The zero-order chi connectivity index (χ0) is 46.1. The van der Waals surface area contributed by atoms with Crippen molar-refractivity contribution in [1.82, 2.24) is 0 Å². The van der Waals surface area contributed by atoms with Gasteiger partial charge in [0.1, 0.15) is 36.3 Å². The van der Waals surface area contributed by atoms with E-state index in [0.717, 1.165) is 25.7 Å². The van der Waals surface area contributed by atoms with Crippen molar-refractivity contribution in [3.8, 4) is 11.5 Å². The van der Waals surface area contributed by atoms with E-state index in [9.17, 15) is 35.8 Å². The Labute approximate surface area is 378 Å². The smallest absolute Gasteiger partial charge is 0.179 e. The summed E-state index contributed by atoms with van der Waals surface area (Å²) >= 11 is 0. The van der Waals surface area contributed by atoms with Gasteiger partial charge in [0.25, 0.3) is 0 Å². The quantitative estimate of drug-likeness (QED) is 0.0776. The maximum Gasteiger partial charge on any atom is 0.179 e. The van der Waals surface area contributed by atoms with E-state index in [1.54, 1.807) is 48.5 Å². The summed E-state index contributed by atoms with van der Waals surface area (Å²) in [6, 6.07) is 21.3. The van der Waals surface area contributed by atoms with Gasteiger partial charge in [0, 0.05) is 22.7 Å². The normalized spacial score (nSPS) is 24.8. The van der Waals surface area contributed by atoms with Gasteiger partial charge in [0.2, 0.25) is 0 Å². The summed E-state index contributed by atoms with van der Waals surface area (Å²) in [5.74, 6) is -1.83. The number of aliphatic hydroxyl groups excluding tert-OH is 2. The number of fused-ring (bicyclic) bond motifs is 2. The number of unbranched alkanes of at least 4 members (excludes halogenated alkanes) is 2. The molecule has 2 aliphatic rings. The van der Waals surface area contributed by atoms with Crippen LogP contribution in [0, 0.1) is 22.5 Å². The molecule has 2 aliphatic heterocycles. The Kier molecular flexibility index (Phi) is 16.7. The molecular formula is C50H64F2O10S2. The summed E-state index contributed by atoms with van der Waals surface area (Å²) in [6.45, 7) is 9.16. The van der Waals surface area contributed by atoms with E-state index in [4.69, 9.17) is 18.9 Å². The second kappa shape index (κ2) is 21.6. The minimum Gasteiger partial charge on any atom is -0.491 e. The van der Waals surface area contributed by atoms with Gasteiger partial charge >= 0.3 is 0 Å². The van der Waals surface area contributed by atoms with Crippen molar-refractivity contribution in [3.63, 3.8) is 0 Å². The topological polar surface area (TPSA) is 146 Å². The zero-order valence-corrected chi connectivity index (χ0v) is 39.1. The Balaban J connectivity index is 1.04. The van der Waals surface area contributed by atoms with Crippen LogP contribution in [0.15, 0.2) is 94.7 Å². The third-order valence-electron chi connectivity index (χ3n) is 13.4.